The highest BCUT2D eigenvalue weighted by Gasteiger charge is 2.30. The highest BCUT2D eigenvalue weighted by Crippen LogP contribution is 2.23. The van der Waals surface area contributed by atoms with Crippen LogP contribution in [0.4, 0.5) is 11.7 Å². The van der Waals surface area contributed by atoms with Crippen molar-refractivity contribution >= 4 is 41.0 Å². The number of halogens is 1. The Kier molecular flexibility index (Phi) is 4.63. The maximum atomic E-state index is 12.2. The van der Waals surface area contributed by atoms with E-state index >= 15 is 0 Å². The summed E-state index contributed by atoms with van der Waals surface area (Å²) >= 11 is 5.88. The second-order valence-corrected chi connectivity index (χ2v) is 5.66. The van der Waals surface area contributed by atoms with Crippen LogP contribution in [0.3, 0.4) is 0 Å². The van der Waals surface area contributed by atoms with E-state index in [0.29, 0.717) is 0 Å². The van der Waals surface area contributed by atoms with Crippen molar-refractivity contribution in [3.8, 4) is 0 Å². The number of carbonyl (C=O) groups is 3. The number of nitrogens with zero attached hydrogens (tertiary/aromatic N) is 4. The maximum Gasteiger partial charge on any atom is 0.322 e. The molecular weight excluding hydrogens is 370 g/mol. The largest absolute Gasteiger partial charge is 0.406 e. The number of hydrogen-bond donors (Lipinski definition) is 1. The van der Waals surface area contributed by atoms with Gasteiger partial charge in [-0.2, -0.15) is 0 Å². The van der Waals surface area contributed by atoms with Crippen molar-refractivity contribution in [3.05, 3.63) is 44.8 Å². The van der Waals surface area contributed by atoms with Gasteiger partial charge in [0.2, 0.25) is 17.7 Å². The van der Waals surface area contributed by atoms with Crippen LogP contribution in [0.2, 0.25) is 5.02 Å². The minimum atomic E-state index is -0.790. The third kappa shape index (κ3) is 3.52. The van der Waals surface area contributed by atoms with E-state index in [2.05, 4.69) is 15.5 Å². The van der Waals surface area contributed by atoms with Gasteiger partial charge >= 0.3 is 6.01 Å². The Balaban J connectivity index is 1.72. The quantitative estimate of drug-likeness (QED) is 0.467. The fourth-order valence-corrected chi connectivity index (χ4v) is 2.47. The van der Waals surface area contributed by atoms with Crippen molar-refractivity contribution in [2.75, 3.05) is 5.32 Å². The van der Waals surface area contributed by atoms with Crippen LogP contribution in [0, 0.1) is 10.1 Å². The van der Waals surface area contributed by atoms with Gasteiger partial charge in [-0.25, -0.2) is 0 Å². The number of hydrogen-bond acceptors (Lipinski definition) is 8. The third-order valence-corrected chi connectivity index (χ3v) is 3.87. The molecule has 1 aromatic carbocycles. The SMILES string of the molecule is O=C(Nc1nnc(CN2C(=O)CCC2=O)o1)c1cc([N+](=O)[O-])ccc1Cl. The van der Waals surface area contributed by atoms with Gasteiger partial charge in [-0.05, 0) is 6.07 Å². The zero-order valence-electron chi connectivity index (χ0n) is 13.0. The highest BCUT2D eigenvalue weighted by molar-refractivity contribution is 6.34. The van der Waals surface area contributed by atoms with Gasteiger partial charge in [-0.15, -0.1) is 5.10 Å². The molecule has 134 valence electrons. The second kappa shape index (κ2) is 6.88. The first-order chi connectivity index (χ1) is 12.3. The zero-order chi connectivity index (χ0) is 18.8. The van der Waals surface area contributed by atoms with Crippen molar-refractivity contribution in [2.24, 2.45) is 0 Å². The van der Waals surface area contributed by atoms with Crippen molar-refractivity contribution in [3.63, 3.8) is 0 Å². The van der Waals surface area contributed by atoms with E-state index in [0.717, 1.165) is 17.0 Å². The molecule has 3 rings (SSSR count). The third-order valence-electron chi connectivity index (χ3n) is 3.54. The lowest BCUT2D eigenvalue weighted by molar-refractivity contribution is -0.384. The lowest BCUT2D eigenvalue weighted by Crippen LogP contribution is -2.28. The number of aromatic nitrogens is 2. The molecule has 0 atom stereocenters. The first kappa shape index (κ1) is 17.5. The molecule has 1 aromatic heterocycles. The summed E-state index contributed by atoms with van der Waals surface area (Å²) < 4.78 is 5.17. The van der Waals surface area contributed by atoms with Gasteiger partial charge in [-0.1, -0.05) is 16.7 Å². The summed E-state index contributed by atoms with van der Waals surface area (Å²) in [5.41, 5.74) is -0.456. The predicted octanol–water partition coefficient (Wildman–Crippen LogP) is 1.53. The van der Waals surface area contributed by atoms with E-state index in [-0.39, 0.29) is 59.4 Å². The summed E-state index contributed by atoms with van der Waals surface area (Å²) in [6, 6.07) is 3.09. The number of carbonyl (C=O) groups excluding carboxylic acids is 3. The lowest BCUT2D eigenvalue weighted by Gasteiger charge is -2.09. The molecule has 0 unspecified atom stereocenters. The maximum absolute atomic E-state index is 12.2. The minimum absolute atomic E-state index is 0.00102. The average molecular weight is 380 g/mol. The Morgan fingerprint density at radius 3 is 2.65 bits per heavy atom. The Morgan fingerprint density at radius 1 is 1.31 bits per heavy atom. The topological polar surface area (TPSA) is 149 Å². The normalized spacial score (nSPS) is 14.0. The summed E-state index contributed by atoms with van der Waals surface area (Å²) in [6.45, 7) is -0.196. The molecule has 1 fully saturated rings. The monoisotopic (exact) mass is 379 g/mol. The molecule has 0 saturated carbocycles. The number of imide groups is 1. The van der Waals surface area contributed by atoms with Crippen molar-refractivity contribution in [1.82, 2.24) is 15.1 Å². The molecule has 0 radical (unpaired) electrons. The number of nitro benzene ring substituents is 1. The number of likely N-dealkylation sites (tertiary alicyclic amines) is 1. The summed E-state index contributed by atoms with van der Waals surface area (Å²) in [6.07, 6.45) is 0.254. The second-order valence-electron chi connectivity index (χ2n) is 5.25. The molecule has 26 heavy (non-hydrogen) atoms. The average Bonchev–Trinajstić information content (AvgIpc) is 3.16. The van der Waals surface area contributed by atoms with Gasteiger partial charge in [-0.3, -0.25) is 34.7 Å². The van der Waals surface area contributed by atoms with Crippen LogP contribution in [0.5, 0.6) is 0 Å². The van der Waals surface area contributed by atoms with Crippen LogP contribution >= 0.6 is 11.6 Å². The minimum Gasteiger partial charge on any atom is -0.406 e. The van der Waals surface area contributed by atoms with Crippen LogP contribution in [0.1, 0.15) is 29.1 Å². The molecule has 11 nitrogen and oxygen atoms in total. The molecule has 1 N–H and O–H groups in total. The van der Waals surface area contributed by atoms with Gasteiger partial charge in [0.05, 0.1) is 15.5 Å². The van der Waals surface area contributed by atoms with Crippen molar-refractivity contribution < 1.29 is 23.7 Å². The van der Waals surface area contributed by atoms with Gasteiger partial charge in [0, 0.05) is 25.0 Å². The smallest absolute Gasteiger partial charge is 0.322 e. The standard InChI is InChI=1S/C14H10ClN5O6/c15-9-2-1-7(20(24)25)5-8(9)13(23)16-14-18-17-10(26-14)6-19-11(21)3-4-12(19)22/h1-2,5H,3-4,6H2,(H,16,18,23). The first-order valence-corrected chi connectivity index (χ1v) is 7.64. The Hall–Kier alpha value is -3.34. The number of non-ortho nitro benzene ring substituents is 1. The van der Waals surface area contributed by atoms with E-state index in [1.807, 2.05) is 0 Å². The zero-order valence-corrected chi connectivity index (χ0v) is 13.7. The first-order valence-electron chi connectivity index (χ1n) is 7.26. The van der Waals surface area contributed by atoms with E-state index in [9.17, 15) is 24.5 Å². The molecule has 12 heteroatoms. The molecule has 0 aliphatic carbocycles. The van der Waals surface area contributed by atoms with E-state index in [4.69, 9.17) is 16.0 Å². The number of nitrogens with one attached hydrogen (secondary N) is 1. The molecule has 2 heterocycles. The predicted molar refractivity (Wildman–Crippen MR) is 85.1 cm³/mol. The number of nitro groups is 1. The molecule has 1 aliphatic rings. The van der Waals surface area contributed by atoms with Gasteiger partial charge < -0.3 is 4.42 Å². The molecule has 3 amide bonds. The Labute approximate surface area is 150 Å². The van der Waals surface area contributed by atoms with Gasteiger partial charge in [0.25, 0.3) is 11.6 Å². The van der Waals surface area contributed by atoms with Crippen LogP contribution in [-0.4, -0.2) is 37.7 Å². The van der Waals surface area contributed by atoms with E-state index in [1.54, 1.807) is 0 Å². The molecule has 1 saturated heterocycles. The van der Waals surface area contributed by atoms with Crippen molar-refractivity contribution in [1.29, 1.82) is 0 Å². The Morgan fingerprint density at radius 2 is 2.00 bits per heavy atom. The van der Waals surface area contributed by atoms with Crippen LogP contribution in [-0.2, 0) is 16.1 Å². The Bertz CT molecular complexity index is 910. The van der Waals surface area contributed by atoms with E-state index < -0.39 is 10.8 Å². The highest BCUT2D eigenvalue weighted by atomic mass is 35.5. The van der Waals surface area contributed by atoms with Gasteiger partial charge in [0.1, 0.15) is 6.54 Å². The molecular formula is C14H10ClN5O6. The number of benzene rings is 1. The molecule has 0 spiro atoms. The van der Waals surface area contributed by atoms with Crippen LogP contribution < -0.4 is 5.32 Å². The van der Waals surface area contributed by atoms with Gasteiger partial charge in [0.15, 0.2) is 0 Å². The lowest BCUT2D eigenvalue weighted by atomic mass is 10.2. The van der Waals surface area contributed by atoms with Crippen LogP contribution in [0.25, 0.3) is 0 Å². The van der Waals surface area contributed by atoms with Crippen molar-refractivity contribution in [2.45, 2.75) is 19.4 Å². The van der Waals surface area contributed by atoms with Crippen LogP contribution in [0.15, 0.2) is 22.6 Å². The number of rotatable bonds is 5. The number of amides is 3. The molecule has 1 aliphatic heterocycles. The summed E-state index contributed by atoms with van der Waals surface area (Å²) in [5, 5.41) is 20.3. The summed E-state index contributed by atoms with van der Waals surface area (Å²) in [4.78, 5) is 46.4. The summed E-state index contributed by atoms with van der Waals surface area (Å²) in [5.74, 6) is -1.53. The molecule has 2 aromatic rings. The van der Waals surface area contributed by atoms with E-state index in [1.165, 1.54) is 6.07 Å². The fraction of sp³-hybridized carbons (Fsp3) is 0.214. The molecule has 0 bridgehead atoms. The summed E-state index contributed by atoms with van der Waals surface area (Å²) in [7, 11) is 0. The number of anilines is 1. The fourth-order valence-electron chi connectivity index (χ4n) is 2.27.